The quantitative estimate of drug-likeness (QED) is 0.561. The summed E-state index contributed by atoms with van der Waals surface area (Å²) < 4.78 is 0. The van der Waals surface area contributed by atoms with E-state index in [1.807, 2.05) is 6.07 Å². The molecular weight excluding hydrogens is 380 g/mol. The Morgan fingerprint density at radius 1 is 0.867 bits per heavy atom. The summed E-state index contributed by atoms with van der Waals surface area (Å²) in [4.78, 5) is 35.7. The van der Waals surface area contributed by atoms with Gasteiger partial charge in [0.05, 0.1) is 6.54 Å². The molecule has 30 heavy (non-hydrogen) atoms. The molecule has 0 atom stereocenters. The summed E-state index contributed by atoms with van der Waals surface area (Å²) in [5.41, 5.74) is 2.61. The summed E-state index contributed by atoms with van der Waals surface area (Å²) in [6.45, 7) is 1.52. The van der Waals surface area contributed by atoms with Crippen LogP contribution in [-0.4, -0.2) is 30.3 Å². The fourth-order valence-corrected chi connectivity index (χ4v) is 3.52. The van der Waals surface area contributed by atoms with Crippen molar-refractivity contribution in [2.75, 3.05) is 22.5 Å². The molecule has 1 aliphatic rings. The average molecular weight is 409 g/mol. The monoisotopic (exact) mass is 408 g/mol. The van der Waals surface area contributed by atoms with E-state index in [1.165, 1.54) is 26.2 Å². The molecule has 1 saturated carbocycles. The van der Waals surface area contributed by atoms with E-state index >= 15 is 0 Å². The van der Waals surface area contributed by atoms with Crippen LogP contribution in [0.15, 0.2) is 48.5 Å². The molecule has 4 N–H and O–H groups in total. The molecule has 158 valence electrons. The first-order valence-electron chi connectivity index (χ1n) is 10.3. The number of amides is 3. The second-order valence-electron chi connectivity index (χ2n) is 7.55. The highest BCUT2D eigenvalue weighted by Gasteiger charge is 2.16. The van der Waals surface area contributed by atoms with Crippen molar-refractivity contribution < 1.29 is 14.4 Å². The molecule has 1 fully saturated rings. The zero-order valence-corrected chi connectivity index (χ0v) is 17.2. The number of rotatable bonds is 7. The summed E-state index contributed by atoms with van der Waals surface area (Å²) in [6.07, 6.45) is 5.67. The lowest BCUT2D eigenvalue weighted by Gasteiger charge is -2.22. The molecule has 0 unspecified atom stereocenters. The van der Waals surface area contributed by atoms with Crippen LogP contribution in [0.25, 0.3) is 0 Å². The third kappa shape index (κ3) is 6.62. The summed E-state index contributed by atoms with van der Waals surface area (Å²) in [6, 6.07) is 14.3. The zero-order valence-electron chi connectivity index (χ0n) is 17.2. The molecule has 0 bridgehead atoms. The molecule has 2 aromatic rings. The van der Waals surface area contributed by atoms with E-state index in [2.05, 4.69) is 21.3 Å². The molecule has 0 saturated heterocycles. The highest BCUT2D eigenvalue weighted by molar-refractivity contribution is 5.97. The Hall–Kier alpha value is -3.35. The van der Waals surface area contributed by atoms with Gasteiger partial charge in [0.15, 0.2) is 0 Å². The van der Waals surface area contributed by atoms with E-state index in [4.69, 9.17) is 0 Å². The van der Waals surface area contributed by atoms with Gasteiger partial charge >= 0.3 is 0 Å². The van der Waals surface area contributed by atoms with E-state index in [1.54, 1.807) is 42.5 Å². The normalized spacial score (nSPS) is 13.9. The van der Waals surface area contributed by atoms with Crippen LogP contribution in [0.5, 0.6) is 0 Å². The number of benzene rings is 2. The smallest absolute Gasteiger partial charge is 0.251 e. The van der Waals surface area contributed by atoms with Crippen LogP contribution in [0.1, 0.15) is 49.4 Å². The number of carbonyl (C=O) groups excluding carboxylic acids is 3. The van der Waals surface area contributed by atoms with Gasteiger partial charge in [0.1, 0.15) is 0 Å². The molecule has 3 amide bonds. The van der Waals surface area contributed by atoms with Crippen molar-refractivity contribution in [2.24, 2.45) is 0 Å². The lowest BCUT2D eigenvalue weighted by Crippen LogP contribution is -2.36. The van der Waals surface area contributed by atoms with Gasteiger partial charge in [-0.25, -0.2) is 0 Å². The Morgan fingerprint density at radius 2 is 1.57 bits per heavy atom. The van der Waals surface area contributed by atoms with E-state index in [0.29, 0.717) is 16.9 Å². The van der Waals surface area contributed by atoms with Crippen molar-refractivity contribution in [1.82, 2.24) is 5.32 Å². The van der Waals surface area contributed by atoms with Crippen molar-refractivity contribution in [2.45, 2.75) is 45.1 Å². The molecule has 0 spiro atoms. The summed E-state index contributed by atoms with van der Waals surface area (Å²) in [7, 11) is 0. The first-order valence-corrected chi connectivity index (χ1v) is 10.3. The Balaban J connectivity index is 1.47. The van der Waals surface area contributed by atoms with Gasteiger partial charge in [0.25, 0.3) is 5.91 Å². The number of hydrogen-bond donors (Lipinski definition) is 4. The van der Waals surface area contributed by atoms with Crippen molar-refractivity contribution >= 4 is 34.8 Å². The van der Waals surface area contributed by atoms with Crippen LogP contribution in [0.4, 0.5) is 17.1 Å². The molecule has 0 aromatic heterocycles. The minimum atomic E-state index is -0.209. The summed E-state index contributed by atoms with van der Waals surface area (Å²) in [5, 5.41) is 11.6. The number of carbonyl (C=O) groups is 3. The molecule has 0 radical (unpaired) electrons. The molecule has 7 nitrogen and oxygen atoms in total. The molecule has 3 rings (SSSR count). The van der Waals surface area contributed by atoms with Crippen LogP contribution in [0, 0.1) is 0 Å². The highest BCUT2D eigenvalue weighted by Crippen LogP contribution is 2.18. The Morgan fingerprint density at radius 3 is 2.27 bits per heavy atom. The highest BCUT2D eigenvalue weighted by atomic mass is 16.2. The van der Waals surface area contributed by atoms with Gasteiger partial charge in [-0.3, -0.25) is 14.4 Å². The van der Waals surface area contributed by atoms with Gasteiger partial charge in [-0.15, -0.1) is 0 Å². The lowest BCUT2D eigenvalue weighted by molar-refractivity contribution is -0.115. The predicted molar refractivity (Wildman–Crippen MR) is 119 cm³/mol. The largest absolute Gasteiger partial charge is 0.376 e. The lowest BCUT2D eigenvalue weighted by atomic mass is 9.95. The number of nitrogens with one attached hydrogen (secondary N) is 4. The standard InChI is InChI=1S/C23H28N4O3/c1-16(28)25-21-9-5-8-20(14-21)24-15-22(29)26-19-12-10-17(11-13-19)23(30)27-18-6-3-2-4-7-18/h5,8-14,18,24H,2-4,6-7,15H2,1H3,(H,25,28)(H,26,29)(H,27,30). The fraction of sp³-hybridized carbons (Fsp3) is 0.348. The summed E-state index contributed by atoms with van der Waals surface area (Å²) >= 11 is 0. The maximum absolute atomic E-state index is 12.4. The molecule has 7 heteroatoms. The van der Waals surface area contributed by atoms with Gasteiger partial charge in [-0.2, -0.15) is 0 Å². The van der Waals surface area contributed by atoms with Gasteiger partial charge in [0.2, 0.25) is 11.8 Å². The van der Waals surface area contributed by atoms with E-state index in [-0.39, 0.29) is 30.3 Å². The number of anilines is 3. The van der Waals surface area contributed by atoms with Crippen molar-refractivity contribution in [3.05, 3.63) is 54.1 Å². The zero-order chi connectivity index (χ0) is 21.3. The molecule has 0 heterocycles. The minimum Gasteiger partial charge on any atom is -0.376 e. The van der Waals surface area contributed by atoms with Crippen molar-refractivity contribution in [3.8, 4) is 0 Å². The molecule has 1 aliphatic carbocycles. The SMILES string of the molecule is CC(=O)Nc1cccc(NCC(=O)Nc2ccc(C(=O)NC3CCCCC3)cc2)c1. The third-order valence-electron chi connectivity index (χ3n) is 5.01. The van der Waals surface area contributed by atoms with E-state index in [9.17, 15) is 14.4 Å². The van der Waals surface area contributed by atoms with E-state index < -0.39 is 0 Å². The maximum Gasteiger partial charge on any atom is 0.251 e. The first kappa shape index (κ1) is 21.4. The number of hydrogen-bond acceptors (Lipinski definition) is 4. The average Bonchev–Trinajstić information content (AvgIpc) is 2.73. The maximum atomic E-state index is 12.4. The van der Waals surface area contributed by atoms with Crippen molar-refractivity contribution in [3.63, 3.8) is 0 Å². The van der Waals surface area contributed by atoms with Crippen LogP contribution in [0.2, 0.25) is 0 Å². The molecular formula is C23H28N4O3. The van der Waals surface area contributed by atoms with Crippen LogP contribution >= 0.6 is 0 Å². The van der Waals surface area contributed by atoms with Gasteiger partial charge < -0.3 is 21.3 Å². The minimum absolute atomic E-state index is 0.0690. The van der Waals surface area contributed by atoms with Crippen LogP contribution < -0.4 is 21.3 Å². The molecule has 0 aliphatic heterocycles. The van der Waals surface area contributed by atoms with E-state index in [0.717, 1.165) is 18.5 Å². The Labute approximate surface area is 176 Å². The second kappa shape index (κ2) is 10.4. The van der Waals surface area contributed by atoms with Crippen LogP contribution in [0.3, 0.4) is 0 Å². The van der Waals surface area contributed by atoms with Gasteiger partial charge in [-0.05, 0) is 55.3 Å². The van der Waals surface area contributed by atoms with Crippen molar-refractivity contribution in [1.29, 1.82) is 0 Å². The van der Waals surface area contributed by atoms with Gasteiger partial charge in [-0.1, -0.05) is 25.3 Å². The fourth-order valence-electron chi connectivity index (χ4n) is 3.52. The second-order valence-corrected chi connectivity index (χ2v) is 7.55. The Kier molecular flexibility index (Phi) is 7.43. The first-order chi connectivity index (χ1) is 14.5. The topological polar surface area (TPSA) is 99.3 Å². The third-order valence-corrected chi connectivity index (χ3v) is 5.01. The molecule has 2 aromatic carbocycles. The Bertz CT molecular complexity index is 890. The van der Waals surface area contributed by atoms with Crippen LogP contribution in [-0.2, 0) is 9.59 Å². The van der Waals surface area contributed by atoms with Gasteiger partial charge in [0, 0.05) is 35.6 Å². The predicted octanol–water partition coefficient (Wildman–Crippen LogP) is 3.76. The summed E-state index contributed by atoms with van der Waals surface area (Å²) in [5.74, 6) is -0.430.